The number of rotatable bonds is 4. The molecule has 2 N–H and O–H groups in total. The Labute approximate surface area is 139 Å². The molecule has 0 spiro atoms. The monoisotopic (exact) mass is 326 g/mol. The molecule has 2 aromatic carbocycles. The number of carbonyl (C=O) groups is 2. The summed E-state index contributed by atoms with van der Waals surface area (Å²) in [5.41, 5.74) is 8.40. The number of ether oxygens (including phenoxy) is 2. The summed E-state index contributed by atoms with van der Waals surface area (Å²) in [5, 5.41) is 0. The fourth-order valence-electron chi connectivity index (χ4n) is 2.75. The molecular weight excluding hydrogens is 308 g/mol. The number of benzene rings is 2. The number of esters is 1. The standard InChI is InChI=1S/C18H18N2O4/c1-23-16-7-6-13(10-14(16)19)18(22)24-11-17(21)20-9-8-12-4-2-3-5-15(12)20/h2-7,10H,8-9,11,19H2,1H3. The quantitative estimate of drug-likeness (QED) is 0.687. The second-order valence-corrected chi connectivity index (χ2v) is 5.46. The van der Waals surface area contributed by atoms with Gasteiger partial charge in [-0.05, 0) is 36.2 Å². The summed E-state index contributed by atoms with van der Waals surface area (Å²) in [6, 6.07) is 12.3. The van der Waals surface area contributed by atoms with Crippen molar-refractivity contribution in [1.82, 2.24) is 0 Å². The van der Waals surface area contributed by atoms with Crippen molar-refractivity contribution in [3.8, 4) is 5.75 Å². The highest BCUT2D eigenvalue weighted by molar-refractivity contribution is 5.98. The van der Waals surface area contributed by atoms with E-state index in [-0.39, 0.29) is 18.1 Å². The van der Waals surface area contributed by atoms with Gasteiger partial charge in [0.2, 0.25) is 0 Å². The molecule has 6 heteroatoms. The molecule has 0 saturated carbocycles. The summed E-state index contributed by atoms with van der Waals surface area (Å²) >= 11 is 0. The lowest BCUT2D eigenvalue weighted by atomic mass is 10.2. The highest BCUT2D eigenvalue weighted by Gasteiger charge is 2.25. The predicted molar refractivity (Wildman–Crippen MR) is 90.2 cm³/mol. The molecule has 0 bridgehead atoms. The van der Waals surface area contributed by atoms with Crippen molar-refractivity contribution in [3.63, 3.8) is 0 Å². The Bertz CT molecular complexity index is 788. The number of carbonyl (C=O) groups excluding carboxylic acids is 2. The molecule has 0 unspecified atom stereocenters. The molecule has 124 valence electrons. The van der Waals surface area contributed by atoms with Gasteiger partial charge in [0.25, 0.3) is 5.91 Å². The summed E-state index contributed by atoms with van der Waals surface area (Å²) in [4.78, 5) is 26.0. The van der Waals surface area contributed by atoms with Crippen LogP contribution in [0.1, 0.15) is 15.9 Å². The van der Waals surface area contributed by atoms with Gasteiger partial charge in [-0.3, -0.25) is 4.79 Å². The molecule has 2 aromatic rings. The third kappa shape index (κ3) is 3.03. The molecule has 0 atom stereocenters. The molecule has 0 aromatic heterocycles. The van der Waals surface area contributed by atoms with Gasteiger partial charge < -0.3 is 20.1 Å². The Balaban J connectivity index is 1.63. The van der Waals surface area contributed by atoms with E-state index >= 15 is 0 Å². The summed E-state index contributed by atoms with van der Waals surface area (Å²) in [6.45, 7) is 0.296. The van der Waals surface area contributed by atoms with E-state index in [9.17, 15) is 9.59 Å². The molecule has 0 fully saturated rings. The van der Waals surface area contributed by atoms with Crippen molar-refractivity contribution < 1.29 is 19.1 Å². The molecule has 1 aliphatic rings. The molecule has 0 radical (unpaired) electrons. The number of nitrogens with two attached hydrogens (primary N) is 1. The maximum atomic E-state index is 12.3. The third-order valence-electron chi connectivity index (χ3n) is 3.98. The highest BCUT2D eigenvalue weighted by atomic mass is 16.5. The number of amides is 1. The zero-order chi connectivity index (χ0) is 17.1. The van der Waals surface area contributed by atoms with E-state index in [1.807, 2.05) is 24.3 Å². The maximum Gasteiger partial charge on any atom is 0.338 e. The number of anilines is 2. The van der Waals surface area contributed by atoms with Gasteiger partial charge in [0.1, 0.15) is 5.75 Å². The van der Waals surface area contributed by atoms with Gasteiger partial charge in [-0.2, -0.15) is 0 Å². The number of hydrogen-bond acceptors (Lipinski definition) is 5. The predicted octanol–water partition coefficient (Wildman–Crippen LogP) is 2.02. The Hall–Kier alpha value is -3.02. The minimum Gasteiger partial charge on any atom is -0.495 e. The molecule has 0 aliphatic carbocycles. The molecular formula is C18H18N2O4. The Morgan fingerprint density at radius 2 is 2.00 bits per heavy atom. The maximum absolute atomic E-state index is 12.3. The van der Waals surface area contributed by atoms with Gasteiger partial charge in [-0.25, -0.2) is 4.79 Å². The van der Waals surface area contributed by atoms with Crippen molar-refractivity contribution in [2.24, 2.45) is 0 Å². The van der Waals surface area contributed by atoms with Gasteiger partial charge in [0, 0.05) is 12.2 Å². The molecule has 1 aliphatic heterocycles. The first-order valence-corrected chi connectivity index (χ1v) is 7.59. The van der Waals surface area contributed by atoms with Crippen LogP contribution in [-0.4, -0.2) is 32.1 Å². The van der Waals surface area contributed by atoms with Crippen LogP contribution < -0.4 is 15.4 Å². The van der Waals surface area contributed by atoms with Crippen LogP contribution in [0, 0.1) is 0 Å². The van der Waals surface area contributed by atoms with Crippen LogP contribution >= 0.6 is 0 Å². The van der Waals surface area contributed by atoms with Crippen LogP contribution in [0.4, 0.5) is 11.4 Å². The average molecular weight is 326 g/mol. The minimum atomic E-state index is -0.592. The molecule has 1 heterocycles. The van der Waals surface area contributed by atoms with Gasteiger partial charge in [0.15, 0.2) is 6.61 Å². The summed E-state index contributed by atoms with van der Waals surface area (Å²) in [6.07, 6.45) is 0.810. The third-order valence-corrected chi connectivity index (χ3v) is 3.98. The van der Waals surface area contributed by atoms with Crippen LogP contribution in [0.15, 0.2) is 42.5 Å². The van der Waals surface area contributed by atoms with Crippen LogP contribution in [0.2, 0.25) is 0 Å². The molecule has 6 nitrogen and oxygen atoms in total. The van der Waals surface area contributed by atoms with E-state index in [0.29, 0.717) is 18.0 Å². The van der Waals surface area contributed by atoms with Crippen LogP contribution in [-0.2, 0) is 16.0 Å². The van der Waals surface area contributed by atoms with Crippen molar-refractivity contribution in [1.29, 1.82) is 0 Å². The lowest BCUT2D eigenvalue weighted by Gasteiger charge is -2.17. The fourth-order valence-corrected chi connectivity index (χ4v) is 2.75. The molecule has 1 amide bonds. The minimum absolute atomic E-state index is 0.241. The fraction of sp³-hybridized carbons (Fsp3) is 0.222. The summed E-state index contributed by atoms with van der Waals surface area (Å²) in [5.74, 6) is -0.351. The number of nitrogens with zero attached hydrogens (tertiary/aromatic N) is 1. The van der Waals surface area contributed by atoms with Crippen LogP contribution in [0.5, 0.6) is 5.75 Å². The van der Waals surface area contributed by atoms with Crippen molar-refractivity contribution in [2.45, 2.75) is 6.42 Å². The zero-order valence-electron chi connectivity index (χ0n) is 13.3. The second kappa shape index (κ2) is 6.62. The molecule has 24 heavy (non-hydrogen) atoms. The average Bonchev–Trinajstić information content (AvgIpc) is 3.03. The van der Waals surface area contributed by atoms with E-state index in [1.165, 1.54) is 13.2 Å². The lowest BCUT2D eigenvalue weighted by Crippen LogP contribution is -2.33. The van der Waals surface area contributed by atoms with Crippen molar-refractivity contribution in [2.75, 3.05) is 30.9 Å². The van der Waals surface area contributed by atoms with Crippen molar-refractivity contribution in [3.05, 3.63) is 53.6 Å². The zero-order valence-corrected chi connectivity index (χ0v) is 13.3. The van der Waals surface area contributed by atoms with Crippen LogP contribution in [0.25, 0.3) is 0 Å². The van der Waals surface area contributed by atoms with E-state index in [0.717, 1.165) is 17.7 Å². The van der Waals surface area contributed by atoms with Gasteiger partial charge in [-0.15, -0.1) is 0 Å². The summed E-state index contributed by atoms with van der Waals surface area (Å²) in [7, 11) is 1.50. The Morgan fingerprint density at radius 1 is 1.21 bits per heavy atom. The Morgan fingerprint density at radius 3 is 2.75 bits per heavy atom. The highest BCUT2D eigenvalue weighted by Crippen LogP contribution is 2.27. The molecule has 0 saturated heterocycles. The van der Waals surface area contributed by atoms with E-state index in [1.54, 1.807) is 17.0 Å². The van der Waals surface area contributed by atoms with E-state index in [4.69, 9.17) is 15.2 Å². The van der Waals surface area contributed by atoms with Crippen LogP contribution in [0.3, 0.4) is 0 Å². The smallest absolute Gasteiger partial charge is 0.338 e. The number of hydrogen-bond donors (Lipinski definition) is 1. The largest absolute Gasteiger partial charge is 0.495 e. The first-order valence-electron chi connectivity index (χ1n) is 7.59. The lowest BCUT2D eigenvalue weighted by molar-refractivity contribution is -0.121. The number of methoxy groups -OCH3 is 1. The second-order valence-electron chi connectivity index (χ2n) is 5.46. The van der Waals surface area contributed by atoms with Gasteiger partial charge >= 0.3 is 5.97 Å². The molecule has 3 rings (SSSR count). The normalized spacial score (nSPS) is 12.6. The number of nitrogen functional groups attached to an aromatic ring is 1. The first kappa shape index (κ1) is 15.9. The SMILES string of the molecule is COc1ccc(C(=O)OCC(=O)N2CCc3ccccc32)cc1N. The van der Waals surface area contributed by atoms with E-state index < -0.39 is 5.97 Å². The Kier molecular flexibility index (Phi) is 4.37. The number of fused-ring (bicyclic) bond motifs is 1. The summed E-state index contributed by atoms with van der Waals surface area (Å²) < 4.78 is 10.2. The van der Waals surface area contributed by atoms with Gasteiger partial charge in [0.05, 0.1) is 18.4 Å². The first-order chi connectivity index (χ1) is 11.6. The van der Waals surface area contributed by atoms with Gasteiger partial charge in [-0.1, -0.05) is 18.2 Å². The van der Waals surface area contributed by atoms with Crippen molar-refractivity contribution >= 4 is 23.3 Å². The number of para-hydroxylation sites is 1. The topological polar surface area (TPSA) is 81.9 Å². The van der Waals surface area contributed by atoms with E-state index in [2.05, 4.69) is 0 Å².